The van der Waals surface area contributed by atoms with Gasteiger partial charge in [0.05, 0.1) is 17.4 Å². The molecule has 0 amide bonds. The topological polar surface area (TPSA) is 72.1 Å². The summed E-state index contributed by atoms with van der Waals surface area (Å²) in [5, 5.41) is 11.1. The number of hydrogen-bond donors (Lipinski definition) is 1. The molecule has 1 N–H and O–H groups in total. The van der Waals surface area contributed by atoms with Crippen LogP contribution in [0.4, 0.5) is 5.69 Å². The molecule has 3 rings (SSSR count). The van der Waals surface area contributed by atoms with E-state index in [0.717, 1.165) is 5.69 Å². The predicted molar refractivity (Wildman–Crippen MR) is 155 cm³/mol. The fourth-order valence-electron chi connectivity index (χ4n) is 3.38. The van der Waals surface area contributed by atoms with E-state index in [1.54, 1.807) is 6.07 Å². The van der Waals surface area contributed by atoms with Crippen molar-refractivity contribution in [2.24, 2.45) is 0 Å². The molecule has 0 bridgehead atoms. The Hall–Kier alpha value is -2.14. The number of aromatic hydroxyl groups is 1. The summed E-state index contributed by atoms with van der Waals surface area (Å²) < 4.78 is 19.1. The molecule has 8 heteroatoms. The monoisotopic (exact) mass is 529 g/mol. The molecule has 36 heavy (non-hydrogen) atoms. The molecule has 3 aromatic rings. The molecule has 0 radical (unpaired) electrons. The molecule has 0 saturated heterocycles. The lowest BCUT2D eigenvalue weighted by atomic mass is 10.1. The summed E-state index contributed by atoms with van der Waals surface area (Å²) in [5.41, 5.74) is 1.65. The van der Waals surface area contributed by atoms with Gasteiger partial charge in [-0.2, -0.15) is 0 Å². The molecule has 0 unspecified atom stereocenters. The summed E-state index contributed by atoms with van der Waals surface area (Å²) in [4.78, 5) is 15.2. The van der Waals surface area contributed by atoms with Crippen LogP contribution in [0.15, 0.2) is 45.6 Å². The molecular weight excluding hydrogens is 486 g/mol. The fourth-order valence-corrected chi connectivity index (χ4v) is 5.32. The van der Waals surface area contributed by atoms with Crippen LogP contribution in [0.5, 0.6) is 5.75 Å². The number of nitrogens with zero attached hydrogens (tertiary/aromatic N) is 1. The van der Waals surface area contributed by atoms with Crippen LogP contribution in [0.3, 0.4) is 0 Å². The van der Waals surface area contributed by atoms with Gasteiger partial charge in [0.25, 0.3) is 0 Å². The van der Waals surface area contributed by atoms with Gasteiger partial charge in [0.2, 0.25) is 5.43 Å². The van der Waals surface area contributed by atoms with Crippen molar-refractivity contribution < 1.29 is 18.4 Å². The van der Waals surface area contributed by atoms with Crippen LogP contribution in [-0.2, 0) is 8.85 Å². The van der Waals surface area contributed by atoms with Crippen molar-refractivity contribution in [1.29, 1.82) is 0 Å². The van der Waals surface area contributed by atoms with Crippen LogP contribution in [0.2, 0.25) is 36.3 Å². The molecule has 2 aromatic carbocycles. The third kappa shape index (κ3) is 6.04. The minimum absolute atomic E-state index is 0.0633. The van der Waals surface area contributed by atoms with Gasteiger partial charge in [-0.15, -0.1) is 0 Å². The third-order valence-electron chi connectivity index (χ3n) is 8.02. The normalized spacial score (nSPS) is 13.5. The summed E-state index contributed by atoms with van der Waals surface area (Å²) in [7, 11) is -3.88. The number of fused-ring (bicyclic) bond motifs is 2. The Morgan fingerprint density at radius 2 is 1.36 bits per heavy atom. The maximum absolute atomic E-state index is 13.0. The first kappa shape index (κ1) is 28.4. The van der Waals surface area contributed by atoms with E-state index < -0.39 is 16.6 Å². The van der Waals surface area contributed by atoms with Crippen molar-refractivity contribution in [1.82, 2.24) is 0 Å². The minimum Gasteiger partial charge on any atom is -0.508 e. The van der Waals surface area contributed by atoms with Gasteiger partial charge < -0.3 is 23.3 Å². The molecule has 0 fully saturated rings. The number of rotatable bonds is 8. The van der Waals surface area contributed by atoms with E-state index in [2.05, 4.69) is 72.6 Å². The molecule has 6 nitrogen and oxygen atoms in total. The van der Waals surface area contributed by atoms with Gasteiger partial charge in [-0.3, -0.25) is 4.79 Å². The van der Waals surface area contributed by atoms with Gasteiger partial charge in [-0.05, 0) is 60.5 Å². The second kappa shape index (κ2) is 9.97. The lowest BCUT2D eigenvalue weighted by Crippen LogP contribution is -2.46. The van der Waals surface area contributed by atoms with E-state index >= 15 is 0 Å². The maximum atomic E-state index is 13.0. The Morgan fingerprint density at radius 1 is 0.833 bits per heavy atom. The number of phenols is 1. The lowest BCUT2D eigenvalue weighted by molar-refractivity contribution is 0.256. The van der Waals surface area contributed by atoms with Crippen molar-refractivity contribution >= 4 is 44.3 Å². The molecule has 0 aliphatic carbocycles. The van der Waals surface area contributed by atoms with E-state index in [0.29, 0.717) is 41.8 Å². The Kier molecular flexibility index (Phi) is 7.87. The van der Waals surface area contributed by atoms with Gasteiger partial charge in [0.15, 0.2) is 16.6 Å². The van der Waals surface area contributed by atoms with Crippen LogP contribution in [-0.4, -0.2) is 41.6 Å². The standard InChI is InChI=1S/C28H43NO5Si2/c1-27(2,3)35(7,8)32-16-15-29(19-33-36(9,10)28(4,5)6)20-11-13-22-24(17-20)34-25-18-21(30)12-14-23(25)26(22)31/h11-14,17-18,30H,15-16,19H2,1-10H3. The first-order valence-corrected chi connectivity index (χ1v) is 18.5. The highest BCUT2D eigenvalue weighted by Gasteiger charge is 2.38. The highest BCUT2D eigenvalue weighted by atomic mass is 28.4. The molecule has 0 atom stereocenters. The van der Waals surface area contributed by atoms with Crippen LogP contribution in [0, 0.1) is 0 Å². The lowest BCUT2D eigenvalue weighted by Gasteiger charge is -2.39. The Bertz CT molecular complexity index is 1290. The Labute approximate surface area is 217 Å². The first-order valence-electron chi connectivity index (χ1n) is 12.7. The molecule has 0 spiro atoms. The molecule has 1 heterocycles. The second-order valence-electron chi connectivity index (χ2n) is 12.7. The van der Waals surface area contributed by atoms with Gasteiger partial charge in [-0.25, -0.2) is 0 Å². The van der Waals surface area contributed by atoms with Gasteiger partial charge in [-0.1, -0.05) is 41.5 Å². The molecule has 0 aliphatic heterocycles. The molecule has 198 valence electrons. The van der Waals surface area contributed by atoms with Gasteiger partial charge in [0.1, 0.15) is 23.6 Å². The van der Waals surface area contributed by atoms with Crippen molar-refractivity contribution in [3.05, 3.63) is 46.6 Å². The smallest absolute Gasteiger partial charge is 0.200 e. The van der Waals surface area contributed by atoms with Crippen molar-refractivity contribution in [3.63, 3.8) is 0 Å². The zero-order chi connectivity index (χ0) is 27.1. The number of hydrogen-bond acceptors (Lipinski definition) is 6. The summed E-state index contributed by atoms with van der Waals surface area (Å²) in [6, 6.07) is 10.2. The SMILES string of the molecule is CC(C)(C)[Si](C)(C)OCCN(CO[Si](C)(C)C(C)(C)C)c1ccc2c(=O)c3ccc(O)cc3oc2c1. The molecule has 0 saturated carbocycles. The van der Waals surface area contributed by atoms with Crippen molar-refractivity contribution in [3.8, 4) is 5.75 Å². The molecular formula is C28H43NO5Si2. The molecule has 0 aliphatic rings. The third-order valence-corrected chi connectivity index (χ3v) is 17.0. The highest BCUT2D eigenvalue weighted by molar-refractivity contribution is 6.74. The van der Waals surface area contributed by atoms with E-state index in [-0.39, 0.29) is 21.3 Å². The zero-order valence-electron chi connectivity index (χ0n) is 23.6. The summed E-state index contributed by atoms with van der Waals surface area (Å²) in [6.45, 7) is 24.1. The maximum Gasteiger partial charge on any atom is 0.200 e. The Balaban J connectivity index is 1.96. The highest BCUT2D eigenvalue weighted by Crippen LogP contribution is 2.38. The van der Waals surface area contributed by atoms with E-state index in [4.69, 9.17) is 13.3 Å². The number of benzene rings is 2. The van der Waals surface area contributed by atoms with E-state index in [9.17, 15) is 9.90 Å². The zero-order valence-corrected chi connectivity index (χ0v) is 25.6. The van der Waals surface area contributed by atoms with Crippen molar-refractivity contribution in [2.75, 3.05) is 24.8 Å². The van der Waals surface area contributed by atoms with E-state index in [1.165, 1.54) is 12.1 Å². The Morgan fingerprint density at radius 3 is 1.94 bits per heavy atom. The van der Waals surface area contributed by atoms with Crippen LogP contribution in [0.25, 0.3) is 21.9 Å². The first-order chi connectivity index (χ1) is 16.4. The fraction of sp³-hybridized carbons (Fsp3) is 0.536. The minimum atomic E-state index is -1.99. The van der Waals surface area contributed by atoms with Gasteiger partial charge >= 0.3 is 0 Å². The second-order valence-corrected chi connectivity index (χ2v) is 22.3. The number of anilines is 1. The summed E-state index contributed by atoms with van der Waals surface area (Å²) >= 11 is 0. The predicted octanol–water partition coefficient (Wildman–Crippen LogP) is 7.46. The average Bonchev–Trinajstić information content (AvgIpc) is 2.74. The van der Waals surface area contributed by atoms with Crippen LogP contribution in [0.1, 0.15) is 41.5 Å². The quantitative estimate of drug-likeness (QED) is 0.185. The van der Waals surface area contributed by atoms with Gasteiger partial charge in [0, 0.05) is 24.4 Å². The number of phenolic OH excluding ortho intramolecular Hbond substituents is 1. The van der Waals surface area contributed by atoms with Crippen molar-refractivity contribution in [2.45, 2.75) is 77.8 Å². The average molecular weight is 530 g/mol. The summed E-state index contributed by atoms with van der Waals surface area (Å²) in [5.74, 6) is 0.0633. The molecule has 1 aromatic heterocycles. The largest absolute Gasteiger partial charge is 0.508 e. The summed E-state index contributed by atoms with van der Waals surface area (Å²) in [6.07, 6.45) is 0. The van der Waals surface area contributed by atoms with E-state index in [1.807, 2.05) is 18.2 Å². The van der Waals surface area contributed by atoms with Crippen LogP contribution < -0.4 is 10.3 Å². The van der Waals surface area contributed by atoms with Crippen LogP contribution >= 0.6 is 0 Å².